The average Bonchev–Trinajstić information content (AvgIpc) is 2.65. The van der Waals surface area contributed by atoms with Gasteiger partial charge in [0.15, 0.2) is 5.78 Å². The topological polar surface area (TPSA) is 105 Å². The van der Waals surface area contributed by atoms with Gasteiger partial charge in [-0.3, -0.25) is 14.4 Å². The Morgan fingerprint density at radius 1 is 1.30 bits per heavy atom. The second kappa shape index (κ2) is 10.1. The minimum absolute atomic E-state index is 0.00571. The van der Waals surface area contributed by atoms with Gasteiger partial charge in [0.2, 0.25) is 5.91 Å². The van der Waals surface area contributed by atoms with E-state index in [1.54, 1.807) is 13.0 Å². The van der Waals surface area contributed by atoms with E-state index in [0.717, 1.165) is 12.8 Å². The summed E-state index contributed by atoms with van der Waals surface area (Å²) in [6.07, 6.45) is 2.08. The molecule has 0 aliphatic carbocycles. The van der Waals surface area contributed by atoms with E-state index in [1.165, 1.54) is 12.1 Å². The quantitative estimate of drug-likeness (QED) is 0.632. The van der Waals surface area contributed by atoms with Crippen LogP contribution in [0.3, 0.4) is 0 Å². The van der Waals surface area contributed by atoms with E-state index in [9.17, 15) is 19.5 Å². The van der Waals surface area contributed by atoms with Crippen molar-refractivity contribution in [3.63, 3.8) is 0 Å². The van der Waals surface area contributed by atoms with E-state index in [2.05, 4.69) is 10.6 Å². The Labute approximate surface area is 178 Å². The van der Waals surface area contributed by atoms with Gasteiger partial charge in [-0.15, -0.1) is 0 Å². The normalized spacial score (nSPS) is 20.5. The SMILES string of the molecule is CCCC1COCC(=O)C1NC(=O)C(CC(C)(C)C)NC(=O)c1ccc(O)c(C)c1. The van der Waals surface area contributed by atoms with Crippen LogP contribution >= 0.6 is 0 Å². The van der Waals surface area contributed by atoms with Crippen LogP contribution in [-0.2, 0) is 14.3 Å². The van der Waals surface area contributed by atoms with Gasteiger partial charge < -0.3 is 20.5 Å². The molecule has 0 saturated carbocycles. The number of nitrogens with one attached hydrogen (secondary N) is 2. The van der Waals surface area contributed by atoms with Crippen LogP contribution in [0.5, 0.6) is 5.75 Å². The minimum Gasteiger partial charge on any atom is -0.508 e. The summed E-state index contributed by atoms with van der Waals surface area (Å²) in [6, 6.07) is 3.17. The van der Waals surface area contributed by atoms with Gasteiger partial charge >= 0.3 is 0 Å². The number of hydrogen-bond acceptors (Lipinski definition) is 5. The van der Waals surface area contributed by atoms with Gasteiger partial charge in [-0.1, -0.05) is 34.1 Å². The number of ketones is 1. The van der Waals surface area contributed by atoms with Crippen molar-refractivity contribution < 1.29 is 24.2 Å². The molecular weight excluding hydrogens is 384 g/mol. The number of aryl methyl sites for hydroxylation is 1. The number of rotatable bonds is 7. The molecule has 0 radical (unpaired) electrons. The monoisotopic (exact) mass is 418 g/mol. The highest BCUT2D eigenvalue weighted by atomic mass is 16.5. The summed E-state index contributed by atoms with van der Waals surface area (Å²) in [4.78, 5) is 38.3. The molecule has 0 bridgehead atoms. The van der Waals surface area contributed by atoms with E-state index < -0.39 is 18.0 Å². The Morgan fingerprint density at radius 2 is 2.00 bits per heavy atom. The summed E-state index contributed by atoms with van der Waals surface area (Å²) in [5, 5.41) is 15.4. The molecule has 0 spiro atoms. The maximum absolute atomic E-state index is 13.1. The highest BCUT2D eigenvalue weighted by Gasteiger charge is 2.36. The Balaban J connectivity index is 2.18. The van der Waals surface area contributed by atoms with E-state index in [1.807, 2.05) is 27.7 Å². The second-order valence-electron chi connectivity index (χ2n) is 9.31. The molecule has 166 valence electrons. The smallest absolute Gasteiger partial charge is 0.251 e. The van der Waals surface area contributed by atoms with E-state index >= 15 is 0 Å². The molecule has 1 saturated heterocycles. The third-order valence-corrected chi connectivity index (χ3v) is 5.25. The lowest BCUT2D eigenvalue weighted by Crippen LogP contribution is -2.57. The van der Waals surface area contributed by atoms with Gasteiger partial charge in [0.05, 0.1) is 12.6 Å². The number of benzene rings is 1. The van der Waals surface area contributed by atoms with Crippen molar-refractivity contribution in [3.8, 4) is 5.75 Å². The zero-order valence-electron chi connectivity index (χ0n) is 18.6. The molecular formula is C23H34N2O5. The first kappa shape index (κ1) is 23.9. The predicted molar refractivity (Wildman–Crippen MR) is 114 cm³/mol. The maximum atomic E-state index is 13.1. The van der Waals surface area contributed by atoms with Crippen molar-refractivity contribution in [1.82, 2.24) is 10.6 Å². The van der Waals surface area contributed by atoms with Gasteiger partial charge in [-0.05, 0) is 48.9 Å². The number of ether oxygens (including phenoxy) is 1. The number of phenolic OH excluding ortho intramolecular Hbond substituents is 1. The van der Waals surface area contributed by atoms with Gasteiger partial charge in [0.25, 0.3) is 5.91 Å². The summed E-state index contributed by atoms with van der Waals surface area (Å²) in [5.74, 6) is -0.856. The fraction of sp³-hybridized carbons (Fsp3) is 0.609. The van der Waals surface area contributed by atoms with Crippen LogP contribution in [0, 0.1) is 18.3 Å². The third-order valence-electron chi connectivity index (χ3n) is 5.25. The number of phenols is 1. The average molecular weight is 419 g/mol. The van der Waals surface area contributed by atoms with Gasteiger partial charge in [0.1, 0.15) is 18.4 Å². The van der Waals surface area contributed by atoms with Crippen molar-refractivity contribution in [1.29, 1.82) is 0 Å². The predicted octanol–water partition coefficient (Wildman–Crippen LogP) is 2.74. The van der Waals surface area contributed by atoms with Gasteiger partial charge in [-0.25, -0.2) is 0 Å². The lowest BCUT2D eigenvalue weighted by Gasteiger charge is -2.33. The van der Waals surface area contributed by atoms with Crippen LogP contribution in [-0.4, -0.2) is 48.0 Å². The number of carbonyl (C=O) groups is 3. The Kier molecular flexibility index (Phi) is 8.01. The van der Waals surface area contributed by atoms with E-state index in [-0.39, 0.29) is 35.4 Å². The van der Waals surface area contributed by atoms with Crippen LogP contribution in [0.4, 0.5) is 0 Å². The first-order valence-corrected chi connectivity index (χ1v) is 10.5. The Hall–Kier alpha value is -2.41. The lowest BCUT2D eigenvalue weighted by atomic mass is 9.86. The molecule has 3 unspecified atom stereocenters. The van der Waals surface area contributed by atoms with Crippen molar-refractivity contribution in [2.75, 3.05) is 13.2 Å². The number of hydrogen-bond donors (Lipinski definition) is 3. The number of Topliss-reactive ketones (excluding diaryl/α,β-unsaturated/α-hetero) is 1. The number of carbonyl (C=O) groups excluding carboxylic acids is 3. The number of amides is 2. The summed E-state index contributed by atoms with van der Waals surface area (Å²) < 4.78 is 5.35. The van der Waals surface area contributed by atoms with Crippen molar-refractivity contribution >= 4 is 17.6 Å². The largest absolute Gasteiger partial charge is 0.508 e. The van der Waals surface area contributed by atoms with Crippen LogP contribution in [0.2, 0.25) is 0 Å². The van der Waals surface area contributed by atoms with E-state index in [0.29, 0.717) is 24.2 Å². The maximum Gasteiger partial charge on any atom is 0.251 e. The summed E-state index contributed by atoms with van der Waals surface area (Å²) in [5.41, 5.74) is 0.723. The first-order chi connectivity index (χ1) is 14.0. The standard InChI is InChI=1S/C23H34N2O5/c1-6-7-16-12-30-13-19(27)20(16)25-22(29)17(11-23(3,4)5)24-21(28)15-8-9-18(26)14(2)10-15/h8-10,16-17,20,26H,6-7,11-13H2,1-5H3,(H,24,28)(H,25,29). The van der Waals surface area contributed by atoms with Crippen molar-refractivity contribution in [2.24, 2.45) is 11.3 Å². The molecule has 2 amide bonds. The molecule has 7 heteroatoms. The molecule has 1 aromatic rings. The van der Waals surface area contributed by atoms with Gasteiger partial charge in [-0.2, -0.15) is 0 Å². The first-order valence-electron chi connectivity index (χ1n) is 10.5. The molecule has 1 aliphatic rings. The van der Waals surface area contributed by atoms with Crippen LogP contribution in [0.25, 0.3) is 0 Å². The van der Waals surface area contributed by atoms with Crippen LogP contribution in [0.1, 0.15) is 62.9 Å². The molecule has 1 aromatic carbocycles. The van der Waals surface area contributed by atoms with Crippen molar-refractivity contribution in [2.45, 2.75) is 66.0 Å². The summed E-state index contributed by atoms with van der Waals surface area (Å²) >= 11 is 0. The Bertz CT molecular complexity index is 782. The molecule has 2 rings (SSSR count). The molecule has 30 heavy (non-hydrogen) atoms. The van der Waals surface area contributed by atoms with Crippen LogP contribution in [0.15, 0.2) is 18.2 Å². The third kappa shape index (κ3) is 6.55. The highest BCUT2D eigenvalue weighted by Crippen LogP contribution is 2.23. The molecule has 1 heterocycles. The van der Waals surface area contributed by atoms with Gasteiger partial charge in [0, 0.05) is 11.5 Å². The molecule has 7 nitrogen and oxygen atoms in total. The van der Waals surface area contributed by atoms with Crippen LogP contribution < -0.4 is 10.6 Å². The molecule has 3 N–H and O–H groups in total. The zero-order chi connectivity index (χ0) is 22.5. The minimum atomic E-state index is -0.787. The molecule has 1 aliphatic heterocycles. The van der Waals surface area contributed by atoms with Crippen molar-refractivity contribution in [3.05, 3.63) is 29.3 Å². The molecule has 1 fully saturated rings. The lowest BCUT2D eigenvalue weighted by molar-refractivity contribution is -0.138. The van der Waals surface area contributed by atoms with E-state index in [4.69, 9.17) is 4.74 Å². The summed E-state index contributed by atoms with van der Waals surface area (Å²) in [6.45, 7) is 10.1. The summed E-state index contributed by atoms with van der Waals surface area (Å²) in [7, 11) is 0. The fourth-order valence-electron chi connectivity index (χ4n) is 3.69. The number of aromatic hydroxyl groups is 1. The zero-order valence-corrected chi connectivity index (χ0v) is 18.6. The second-order valence-corrected chi connectivity index (χ2v) is 9.31. The fourth-order valence-corrected chi connectivity index (χ4v) is 3.69. The molecule has 3 atom stereocenters. The highest BCUT2D eigenvalue weighted by molar-refractivity contribution is 5.99. The molecule has 0 aromatic heterocycles. The Morgan fingerprint density at radius 3 is 2.60 bits per heavy atom.